The third kappa shape index (κ3) is 5.93. The third-order valence-electron chi connectivity index (χ3n) is 5.60. The van der Waals surface area contributed by atoms with Crippen LogP contribution in [0.3, 0.4) is 0 Å². The van der Waals surface area contributed by atoms with Crippen LogP contribution in [0, 0.1) is 0 Å². The zero-order valence-corrected chi connectivity index (χ0v) is 19.5. The molecular weight excluding hydrogens is 434 g/mol. The SMILES string of the molecule is CCc1ccc(OCCCCn2c(CNC(=O)c3cccc(Cl)c3)nc3ccccc32)cc1. The molecular formula is C27H28ClN3O2. The van der Waals surface area contributed by atoms with E-state index >= 15 is 0 Å². The van der Waals surface area contributed by atoms with Crippen LogP contribution >= 0.6 is 11.6 Å². The van der Waals surface area contributed by atoms with Crippen molar-refractivity contribution in [2.45, 2.75) is 39.3 Å². The Balaban J connectivity index is 1.36. The van der Waals surface area contributed by atoms with Crippen molar-refractivity contribution in [3.63, 3.8) is 0 Å². The van der Waals surface area contributed by atoms with Gasteiger partial charge in [-0.05, 0) is 67.3 Å². The fourth-order valence-corrected chi connectivity index (χ4v) is 3.97. The highest BCUT2D eigenvalue weighted by Crippen LogP contribution is 2.18. The number of para-hydroxylation sites is 2. The highest BCUT2D eigenvalue weighted by atomic mass is 35.5. The molecule has 0 aliphatic heterocycles. The Labute approximate surface area is 199 Å². The van der Waals surface area contributed by atoms with Crippen LogP contribution in [0.15, 0.2) is 72.8 Å². The summed E-state index contributed by atoms with van der Waals surface area (Å²) in [5.74, 6) is 1.57. The molecule has 4 rings (SSSR count). The van der Waals surface area contributed by atoms with E-state index in [1.165, 1.54) is 5.56 Å². The van der Waals surface area contributed by atoms with Crippen molar-refractivity contribution in [2.24, 2.45) is 0 Å². The number of ether oxygens (including phenoxy) is 1. The number of amides is 1. The second kappa shape index (κ2) is 11.0. The van der Waals surface area contributed by atoms with Gasteiger partial charge in [0.2, 0.25) is 0 Å². The summed E-state index contributed by atoms with van der Waals surface area (Å²) in [5, 5.41) is 3.51. The van der Waals surface area contributed by atoms with Gasteiger partial charge in [0.1, 0.15) is 11.6 Å². The lowest BCUT2D eigenvalue weighted by molar-refractivity contribution is 0.0949. The summed E-state index contributed by atoms with van der Waals surface area (Å²) < 4.78 is 8.07. The zero-order valence-electron chi connectivity index (χ0n) is 18.8. The van der Waals surface area contributed by atoms with Crippen LogP contribution in [0.5, 0.6) is 5.75 Å². The molecule has 3 aromatic carbocycles. The molecule has 4 aromatic rings. The minimum atomic E-state index is -0.168. The topological polar surface area (TPSA) is 56.1 Å². The molecule has 0 saturated carbocycles. The first-order valence-corrected chi connectivity index (χ1v) is 11.7. The normalized spacial score (nSPS) is 11.0. The fraction of sp³-hybridized carbons (Fsp3) is 0.259. The van der Waals surface area contributed by atoms with E-state index in [1.54, 1.807) is 24.3 Å². The van der Waals surface area contributed by atoms with Gasteiger partial charge in [-0.2, -0.15) is 0 Å². The van der Waals surface area contributed by atoms with Crippen LogP contribution in [-0.2, 0) is 19.5 Å². The van der Waals surface area contributed by atoms with Crippen LogP contribution < -0.4 is 10.1 Å². The fourth-order valence-electron chi connectivity index (χ4n) is 3.78. The van der Waals surface area contributed by atoms with Gasteiger partial charge in [-0.3, -0.25) is 4.79 Å². The molecule has 1 amide bonds. The van der Waals surface area contributed by atoms with Gasteiger partial charge in [0.15, 0.2) is 0 Å². The maximum absolute atomic E-state index is 12.5. The zero-order chi connectivity index (χ0) is 23.0. The van der Waals surface area contributed by atoms with Gasteiger partial charge in [0.25, 0.3) is 5.91 Å². The van der Waals surface area contributed by atoms with Crippen molar-refractivity contribution in [3.05, 3.63) is 94.8 Å². The minimum Gasteiger partial charge on any atom is -0.494 e. The number of fused-ring (bicyclic) bond motifs is 1. The lowest BCUT2D eigenvalue weighted by Crippen LogP contribution is -2.24. The van der Waals surface area contributed by atoms with Crippen molar-refractivity contribution >= 4 is 28.5 Å². The number of hydrogen-bond acceptors (Lipinski definition) is 3. The number of unbranched alkanes of at least 4 members (excludes halogenated alkanes) is 1. The lowest BCUT2D eigenvalue weighted by atomic mass is 10.2. The molecule has 33 heavy (non-hydrogen) atoms. The molecule has 1 aromatic heterocycles. The Bertz CT molecular complexity index is 1220. The van der Waals surface area contributed by atoms with E-state index < -0.39 is 0 Å². The summed E-state index contributed by atoms with van der Waals surface area (Å²) in [7, 11) is 0. The van der Waals surface area contributed by atoms with Crippen molar-refractivity contribution in [1.82, 2.24) is 14.9 Å². The maximum atomic E-state index is 12.5. The number of imidazole rings is 1. The van der Waals surface area contributed by atoms with Gasteiger partial charge in [-0.15, -0.1) is 0 Å². The Kier molecular flexibility index (Phi) is 7.63. The maximum Gasteiger partial charge on any atom is 0.251 e. The molecule has 0 saturated heterocycles. The smallest absolute Gasteiger partial charge is 0.251 e. The molecule has 0 bridgehead atoms. The molecule has 0 spiro atoms. The Morgan fingerprint density at radius 3 is 2.64 bits per heavy atom. The molecule has 170 valence electrons. The lowest BCUT2D eigenvalue weighted by Gasteiger charge is -2.11. The number of carbonyl (C=O) groups excluding carboxylic acids is 1. The van der Waals surface area contributed by atoms with Gasteiger partial charge in [0, 0.05) is 17.1 Å². The number of carbonyl (C=O) groups is 1. The molecule has 6 heteroatoms. The average molecular weight is 462 g/mol. The summed E-state index contributed by atoms with van der Waals surface area (Å²) >= 11 is 6.01. The van der Waals surface area contributed by atoms with E-state index in [2.05, 4.69) is 35.0 Å². The van der Waals surface area contributed by atoms with E-state index in [1.807, 2.05) is 30.3 Å². The standard InChI is InChI=1S/C27H28ClN3O2/c1-2-20-12-14-23(15-13-20)33-17-6-5-16-31-25-11-4-3-10-24(25)30-26(31)19-29-27(32)21-8-7-9-22(28)18-21/h3-4,7-15,18H,2,5-6,16-17,19H2,1H3,(H,29,32). The molecule has 1 heterocycles. The van der Waals surface area contributed by atoms with Crippen molar-refractivity contribution in [3.8, 4) is 5.75 Å². The van der Waals surface area contributed by atoms with Gasteiger partial charge in [0.05, 0.1) is 24.2 Å². The average Bonchev–Trinajstić information content (AvgIpc) is 3.20. The molecule has 0 radical (unpaired) electrons. The predicted molar refractivity (Wildman–Crippen MR) is 133 cm³/mol. The summed E-state index contributed by atoms with van der Waals surface area (Å²) in [6.07, 6.45) is 2.90. The molecule has 0 unspecified atom stereocenters. The Morgan fingerprint density at radius 1 is 1.03 bits per heavy atom. The number of benzene rings is 3. The summed E-state index contributed by atoms with van der Waals surface area (Å²) in [6, 6.07) is 23.3. The van der Waals surface area contributed by atoms with Crippen LogP contribution in [0.25, 0.3) is 11.0 Å². The van der Waals surface area contributed by atoms with Gasteiger partial charge < -0.3 is 14.6 Å². The van der Waals surface area contributed by atoms with Crippen LogP contribution in [-0.4, -0.2) is 22.1 Å². The monoisotopic (exact) mass is 461 g/mol. The first kappa shape index (κ1) is 22.9. The van der Waals surface area contributed by atoms with Crippen molar-refractivity contribution < 1.29 is 9.53 Å². The van der Waals surface area contributed by atoms with Gasteiger partial charge in [-0.1, -0.05) is 48.9 Å². The Morgan fingerprint density at radius 2 is 1.85 bits per heavy atom. The van der Waals surface area contributed by atoms with Crippen LogP contribution in [0.4, 0.5) is 0 Å². The van der Waals surface area contributed by atoms with Gasteiger partial charge >= 0.3 is 0 Å². The van der Waals surface area contributed by atoms with E-state index in [-0.39, 0.29) is 5.91 Å². The third-order valence-corrected chi connectivity index (χ3v) is 5.84. The van der Waals surface area contributed by atoms with Crippen LogP contribution in [0.2, 0.25) is 5.02 Å². The van der Waals surface area contributed by atoms with E-state index in [0.29, 0.717) is 23.7 Å². The largest absolute Gasteiger partial charge is 0.494 e. The number of aryl methyl sites for hydroxylation is 2. The molecule has 1 N–H and O–H groups in total. The molecule has 0 aliphatic carbocycles. The number of hydrogen-bond donors (Lipinski definition) is 1. The first-order chi connectivity index (χ1) is 16.1. The van der Waals surface area contributed by atoms with E-state index in [4.69, 9.17) is 21.3 Å². The molecule has 0 atom stereocenters. The van der Waals surface area contributed by atoms with Crippen molar-refractivity contribution in [1.29, 1.82) is 0 Å². The molecule has 0 fully saturated rings. The summed E-state index contributed by atoms with van der Waals surface area (Å²) in [4.78, 5) is 17.3. The Hall–Kier alpha value is -3.31. The number of halogens is 1. The number of aromatic nitrogens is 2. The number of nitrogens with one attached hydrogen (secondary N) is 1. The summed E-state index contributed by atoms with van der Waals surface area (Å²) in [6.45, 7) is 3.97. The van der Waals surface area contributed by atoms with E-state index in [9.17, 15) is 4.79 Å². The number of rotatable bonds is 10. The second-order valence-corrected chi connectivity index (χ2v) is 8.35. The first-order valence-electron chi connectivity index (χ1n) is 11.3. The molecule has 5 nitrogen and oxygen atoms in total. The van der Waals surface area contributed by atoms with Crippen LogP contribution in [0.1, 0.15) is 41.5 Å². The predicted octanol–water partition coefficient (Wildman–Crippen LogP) is 6.04. The minimum absolute atomic E-state index is 0.168. The second-order valence-electron chi connectivity index (χ2n) is 7.91. The summed E-state index contributed by atoms with van der Waals surface area (Å²) in [5.41, 5.74) is 3.84. The number of nitrogens with zero attached hydrogens (tertiary/aromatic N) is 2. The molecule has 0 aliphatic rings. The van der Waals surface area contributed by atoms with E-state index in [0.717, 1.165) is 48.4 Å². The highest BCUT2D eigenvalue weighted by Gasteiger charge is 2.12. The quantitative estimate of drug-likeness (QED) is 0.293. The highest BCUT2D eigenvalue weighted by molar-refractivity contribution is 6.30. The van der Waals surface area contributed by atoms with Gasteiger partial charge in [-0.25, -0.2) is 4.98 Å². The van der Waals surface area contributed by atoms with Crippen molar-refractivity contribution in [2.75, 3.05) is 6.61 Å².